The van der Waals surface area contributed by atoms with E-state index < -0.39 is 11.7 Å². The Balaban J connectivity index is 1.53. The fourth-order valence-electron chi connectivity index (χ4n) is 4.02. The number of amides is 1. The fraction of sp³-hybridized carbons (Fsp3) is 0.219. The SMILES string of the molecule is COc1ccc(N(c2ccc(OC)cc2)c2ccc(-c3ccc(CNC(=O)OC(C)(C)C)cc3)cc2)cc1. The maximum Gasteiger partial charge on any atom is 0.407 e. The van der Waals surface area contributed by atoms with Crippen molar-refractivity contribution in [1.82, 2.24) is 5.32 Å². The van der Waals surface area contributed by atoms with Crippen molar-refractivity contribution < 1.29 is 19.0 Å². The first kappa shape index (κ1) is 26.6. The number of benzene rings is 4. The highest BCUT2D eigenvalue weighted by Crippen LogP contribution is 2.37. The van der Waals surface area contributed by atoms with Gasteiger partial charge in [0.2, 0.25) is 0 Å². The molecule has 0 fully saturated rings. The molecule has 0 atom stereocenters. The molecule has 0 radical (unpaired) electrons. The van der Waals surface area contributed by atoms with Crippen LogP contribution in [0.4, 0.5) is 21.9 Å². The van der Waals surface area contributed by atoms with Gasteiger partial charge in [-0.15, -0.1) is 0 Å². The van der Waals surface area contributed by atoms with Crippen molar-refractivity contribution in [2.24, 2.45) is 0 Å². The average Bonchev–Trinajstić information content (AvgIpc) is 2.93. The molecule has 4 rings (SSSR count). The van der Waals surface area contributed by atoms with Crippen molar-refractivity contribution in [1.29, 1.82) is 0 Å². The number of alkyl carbamates (subject to hydrolysis) is 1. The summed E-state index contributed by atoms with van der Waals surface area (Å²) in [6.45, 7) is 5.95. The van der Waals surface area contributed by atoms with Gasteiger partial charge in [-0.25, -0.2) is 4.79 Å². The highest BCUT2D eigenvalue weighted by Gasteiger charge is 2.16. The van der Waals surface area contributed by atoms with E-state index in [1.165, 1.54) is 0 Å². The molecule has 1 amide bonds. The molecule has 0 aliphatic heterocycles. The number of carbonyl (C=O) groups is 1. The Morgan fingerprint density at radius 1 is 0.658 bits per heavy atom. The zero-order valence-electron chi connectivity index (χ0n) is 22.5. The van der Waals surface area contributed by atoms with Crippen LogP contribution in [0.1, 0.15) is 26.3 Å². The minimum absolute atomic E-state index is 0.410. The number of hydrogen-bond acceptors (Lipinski definition) is 5. The van der Waals surface area contributed by atoms with Gasteiger partial charge in [-0.1, -0.05) is 36.4 Å². The van der Waals surface area contributed by atoms with Crippen molar-refractivity contribution in [3.8, 4) is 22.6 Å². The van der Waals surface area contributed by atoms with Crippen LogP contribution in [-0.2, 0) is 11.3 Å². The Morgan fingerprint density at radius 3 is 1.45 bits per heavy atom. The summed E-state index contributed by atoms with van der Waals surface area (Å²) in [5.41, 5.74) is 5.75. The van der Waals surface area contributed by atoms with Crippen LogP contribution < -0.4 is 19.7 Å². The number of ether oxygens (including phenoxy) is 3. The molecule has 0 spiro atoms. The number of carbonyl (C=O) groups excluding carboxylic acids is 1. The van der Waals surface area contributed by atoms with Gasteiger partial charge in [-0.3, -0.25) is 0 Å². The van der Waals surface area contributed by atoms with E-state index in [4.69, 9.17) is 14.2 Å². The lowest BCUT2D eigenvalue weighted by Gasteiger charge is -2.26. The lowest BCUT2D eigenvalue weighted by molar-refractivity contribution is 0.0523. The summed E-state index contributed by atoms with van der Waals surface area (Å²) in [5, 5.41) is 2.80. The topological polar surface area (TPSA) is 60.0 Å². The van der Waals surface area contributed by atoms with E-state index in [0.717, 1.165) is 45.3 Å². The van der Waals surface area contributed by atoms with E-state index in [-0.39, 0.29) is 0 Å². The summed E-state index contributed by atoms with van der Waals surface area (Å²) < 4.78 is 16.0. The van der Waals surface area contributed by atoms with Crippen LogP contribution >= 0.6 is 0 Å². The molecule has 0 saturated carbocycles. The lowest BCUT2D eigenvalue weighted by Crippen LogP contribution is -2.32. The second-order valence-electron chi connectivity index (χ2n) is 9.83. The van der Waals surface area contributed by atoms with Gasteiger partial charge in [-0.2, -0.15) is 0 Å². The molecule has 0 saturated heterocycles. The maximum atomic E-state index is 11.9. The first-order chi connectivity index (χ1) is 18.3. The summed E-state index contributed by atoms with van der Waals surface area (Å²) in [7, 11) is 3.33. The molecule has 6 heteroatoms. The van der Waals surface area contributed by atoms with Crippen molar-refractivity contribution >= 4 is 23.2 Å². The highest BCUT2D eigenvalue weighted by atomic mass is 16.6. The molecule has 0 aliphatic carbocycles. The summed E-state index contributed by atoms with van der Waals surface area (Å²) >= 11 is 0. The van der Waals surface area contributed by atoms with E-state index in [2.05, 4.69) is 46.6 Å². The third-order valence-electron chi connectivity index (χ3n) is 5.91. The zero-order valence-corrected chi connectivity index (χ0v) is 22.5. The van der Waals surface area contributed by atoms with E-state index in [1.54, 1.807) is 14.2 Å². The average molecular weight is 511 g/mol. The third-order valence-corrected chi connectivity index (χ3v) is 5.91. The second kappa shape index (κ2) is 11.7. The summed E-state index contributed by atoms with van der Waals surface area (Å²) in [5.74, 6) is 1.62. The van der Waals surface area contributed by atoms with Gasteiger partial charge in [-0.05, 0) is 98.1 Å². The minimum Gasteiger partial charge on any atom is -0.497 e. The van der Waals surface area contributed by atoms with Gasteiger partial charge >= 0.3 is 6.09 Å². The number of nitrogens with zero attached hydrogens (tertiary/aromatic N) is 1. The van der Waals surface area contributed by atoms with Crippen LogP contribution in [-0.4, -0.2) is 25.9 Å². The smallest absolute Gasteiger partial charge is 0.407 e. The predicted octanol–water partition coefficient (Wildman–Crippen LogP) is 7.87. The molecular formula is C32H34N2O4. The number of anilines is 3. The summed E-state index contributed by atoms with van der Waals surface area (Å²) in [4.78, 5) is 14.1. The van der Waals surface area contributed by atoms with Crippen molar-refractivity contribution in [3.05, 3.63) is 103 Å². The van der Waals surface area contributed by atoms with Gasteiger partial charge < -0.3 is 24.4 Å². The Bertz CT molecular complexity index is 1280. The van der Waals surface area contributed by atoms with Crippen molar-refractivity contribution in [2.45, 2.75) is 32.9 Å². The molecule has 4 aromatic carbocycles. The second-order valence-corrected chi connectivity index (χ2v) is 9.83. The largest absolute Gasteiger partial charge is 0.497 e. The quantitative estimate of drug-likeness (QED) is 0.261. The minimum atomic E-state index is -0.517. The molecule has 0 bridgehead atoms. The summed E-state index contributed by atoms with van der Waals surface area (Å²) in [6, 6.07) is 32.6. The van der Waals surface area contributed by atoms with Gasteiger partial charge in [0.1, 0.15) is 17.1 Å². The van der Waals surface area contributed by atoms with E-state index in [1.807, 2.05) is 81.4 Å². The molecule has 196 valence electrons. The van der Waals surface area contributed by atoms with E-state index in [9.17, 15) is 4.79 Å². The zero-order chi connectivity index (χ0) is 27.1. The highest BCUT2D eigenvalue weighted by molar-refractivity contribution is 5.78. The van der Waals surface area contributed by atoms with Gasteiger partial charge in [0, 0.05) is 23.6 Å². The van der Waals surface area contributed by atoms with Crippen LogP contribution in [0.5, 0.6) is 11.5 Å². The Hall–Kier alpha value is -4.45. The predicted molar refractivity (Wildman–Crippen MR) is 153 cm³/mol. The first-order valence-electron chi connectivity index (χ1n) is 12.5. The number of nitrogens with one attached hydrogen (secondary N) is 1. The van der Waals surface area contributed by atoms with E-state index in [0.29, 0.717) is 6.54 Å². The van der Waals surface area contributed by atoms with Crippen molar-refractivity contribution in [3.63, 3.8) is 0 Å². The molecular weight excluding hydrogens is 476 g/mol. The Morgan fingerprint density at radius 2 is 1.05 bits per heavy atom. The molecule has 0 unspecified atom stereocenters. The van der Waals surface area contributed by atoms with Crippen LogP contribution in [0.25, 0.3) is 11.1 Å². The van der Waals surface area contributed by atoms with Crippen LogP contribution in [0.15, 0.2) is 97.1 Å². The molecule has 0 aliphatic rings. The maximum absolute atomic E-state index is 11.9. The summed E-state index contributed by atoms with van der Waals surface area (Å²) in [6.07, 6.45) is -0.421. The van der Waals surface area contributed by atoms with Gasteiger partial charge in [0.25, 0.3) is 0 Å². The standard InChI is InChI=1S/C32H34N2O4/c1-32(2,3)38-31(35)33-22-23-6-8-24(9-7-23)25-10-12-26(13-11-25)34(27-14-18-29(36-4)19-15-27)28-16-20-30(37-5)21-17-28/h6-21H,22H2,1-5H3,(H,33,35). The fourth-order valence-corrected chi connectivity index (χ4v) is 4.02. The molecule has 1 N–H and O–H groups in total. The molecule has 0 aromatic heterocycles. The lowest BCUT2D eigenvalue weighted by atomic mass is 10.0. The first-order valence-corrected chi connectivity index (χ1v) is 12.5. The van der Waals surface area contributed by atoms with Crippen LogP contribution in [0.3, 0.4) is 0 Å². The number of rotatable bonds is 8. The normalized spacial score (nSPS) is 11.0. The number of hydrogen-bond donors (Lipinski definition) is 1. The van der Waals surface area contributed by atoms with Crippen molar-refractivity contribution in [2.75, 3.05) is 19.1 Å². The van der Waals surface area contributed by atoms with Crippen LogP contribution in [0.2, 0.25) is 0 Å². The molecule has 38 heavy (non-hydrogen) atoms. The molecule has 0 heterocycles. The Kier molecular flexibility index (Phi) is 8.22. The Labute approximate surface area is 224 Å². The third kappa shape index (κ3) is 6.85. The van der Waals surface area contributed by atoms with Crippen LogP contribution in [0, 0.1) is 0 Å². The molecule has 4 aromatic rings. The monoisotopic (exact) mass is 510 g/mol. The molecule has 6 nitrogen and oxygen atoms in total. The van der Waals surface area contributed by atoms with Gasteiger partial charge in [0.05, 0.1) is 14.2 Å². The van der Waals surface area contributed by atoms with Gasteiger partial charge in [0.15, 0.2) is 0 Å². The van der Waals surface area contributed by atoms with E-state index >= 15 is 0 Å². The number of methoxy groups -OCH3 is 2.